The van der Waals surface area contributed by atoms with E-state index in [9.17, 15) is 9.36 Å². The highest BCUT2D eigenvalue weighted by atomic mass is 31.2. The predicted molar refractivity (Wildman–Crippen MR) is 74.1 cm³/mol. The van der Waals surface area contributed by atoms with Crippen LogP contribution in [-0.4, -0.2) is 20.6 Å². The Hall–Kier alpha value is -1.89. The third-order valence-corrected chi connectivity index (χ3v) is 3.46. The lowest BCUT2D eigenvalue weighted by molar-refractivity contribution is 0.0830. The smallest absolute Gasteiger partial charge is 0.391 e. The number of hydrogen-bond donors (Lipinski definition) is 3. The largest absolute Gasteiger partial charge is 0.446 e. The van der Waals surface area contributed by atoms with Crippen LogP contribution in [0.15, 0.2) is 21.0 Å². The van der Waals surface area contributed by atoms with Crippen molar-refractivity contribution in [3.63, 3.8) is 0 Å². The molecule has 9 heteroatoms. The number of rotatable bonds is 3. The Balaban J connectivity index is 2.53. The lowest BCUT2D eigenvalue weighted by Crippen LogP contribution is -2.20. The molecule has 0 amide bonds. The van der Waals surface area contributed by atoms with Gasteiger partial charge in [0.2, 0.25) is 17.0 Å². The third-order valence-electron chi connectivity index (χ3n) is 2.64. The maximum Gasteiger partial charge on any atom is 0.391 e. The minimum atomic E-state index is -4.52. The van der Waals surface area contributed by atoms with Crippen LogP contribution in [0.4, 0.5) is 6.01 Å². The van der Waals surface area contributed by atoms with E-state index in [0.717, 1.165) is 6.07 Å². The van der Waals surface area contributed by atoms with Gasteiger partial charge in [0, 0.05) is 5.41 Å². The summed E-state index contributed by atoms with van der Waals surface area (Å²) in [5.41, 5.74) is 4.23. The number of nitrogen functional groups attached to an aromatic ring is 1. The van der Waals surface area contributed by atoms with Crippen molar-refractivity contribution >= 4 is 24.9 Å². The number of hydrogen-bond acceptors (Lipinski definition) is 6. The summed E-state index contributed by atoms with van der Waals surface area (Å²) in [6.45, 7) is 5.09. The van der Waals surface area contributed by atoms with Gasteiger partial charge in [-0.1, -0.05) is 20.8 Å². The zero-order chi connectivity index (χ0) is 16.0. The molecule has 2 aromatic heterocycles. The maximum atomic E-state index is 12.3. The van der Waals surface area contributed by atoms with E-state index < -0.39 is 18.5 Å². The van der Waals surface area contributed by atoms with Gasteiger partial charge in [-0.2, -0.15) is 4.98 Å². The summed E-state index contributed by atoms with van der Waals surface area (Å²) < 4.78 is 21.3. The molecule has 0 fully saturated rings. The molecule has 0 aliphatic carbocycles. The summed E-state index contributed by atoms with van der Waals surface area (Å²) in [5.74, 6) is -0.455. The van der Waals surface area contributed by atoms with Crippen molar-refractivity contribution in [2.24, 2.45) is 5.41 Å². The van der Waals surface area contributed by atoms with E-state index in [2.05, 4.69) is 4.98 Å². The molecular weight excluding hydrogens is 299 g/mol. The average Bonchev–Trinajstić information content (AvgIpc) is 2.91. The average molecular weight is 314 g/mol. The van der Waals surface area contributed by atoms with Crippen molar-refractivity contribution in [3.8, 4) is 11.5 Å². The molecular formula is C12H15N2O6P. The quantitative estimate of drug-likeness (QED) is 0.572. The molecule has 2 heterocycles. The standard InChI is InChI=1S/C12H15N2O6P/c1-12(2,3)10(15)9-8(14-11(13)20-9)6-4-5-7(19-6)21(16,17)18/h4-5H,1-3H3,(H2,13,14)(H2,16,17,18). The molecule has 0 bridgehead atoms. The highest BCUT2D eigenvalue weighted by molar-refractivity contribution is 7.59. The second kappa shape index (κ2) is 4.84. The molecule has 0 aliphatic heterocycles. The number of aromatic nitrogens is 1. The number of oxazole rings is 1. The molecule has 2 aromatic rings. The van der Waals surface area contributed by atoms with Crippen LogP contribution >= 0.6 is 7.60 Å². The first-order valence-electron chi connectivity index (χ1n) is 5.97. The highest BCUT2D eigenvalue weighted by Crippen LogP contribution is 2.37. The van der Waals surface area contributed by atoms with E-state index in [-0.39, 0.29) is 29.0 Å². The molecule has 21 heavy (non-hydrogen) atoms. The number of nitrogens with two attached hydrogens (primary N) is 1. The Labute approximate surface area is 120 Å². The van der Waals surface area contributed by atoms with Gasteiger partial charge in [-0.25, -0.2) is 0 Å². The second-order valence-corrected chi connectivity index (χ2v) is 7.02. The van der Waals surface area contributed by atoms with Crippen LogP contribution in [0.1, 0.15) is 31.3 Å². The number of nitrogens with zero attached hydrogens (tertiary/aromatic N) is 1. The van der Waals surface area contributed by atoms with Crippen molar-refractivity contribution in [1.29, 1.82) is 0 Å². The summed E-state index contributed by atoms with van der Waals surface area (Å²) in [6, 6.07) is 2.18. The van der Waals surface area contributed by atoms with Gasteiger partial charge in [0.15, 0.2) is 11.5 Å². The Morgan fingerprint density at radius 2 is 1.90 bits per heavy atom. The van der Waals surface area contributed by atoms with Gasteiger partial charge in [-0.05, 0) is 12.1 Å². The molecule has 0 radical (unpaired) electrons. The Kier molecular flexibility index (Phi) is 3.57. The monoisotopic (exact) mass is 314 g/mol. The number of furan rings is 1. The van der Waals surface area contributed by atoms with Gasteiger partial charge < -0.3 is 24.4 Å². The van der Waals surface area contributed by atoms with Crippen LogP contribution in [0.25, 0.3) is 11.5 Å². The molecule has 114 valence electrons. The minimum absolute atomic E-state index is 0.00127. The molecule has 0 saturated carbocycles. The summed E-state index contributed by atoms with van der Waals surface area (Å²) >= 11 is 0. The van der Waals surface area contributed by atoms with E-state index in [1.54, 1.807) is 20.8 Å². The normalized spacial score (nSPS) is 12.6. The van der Waals surface area contributed by atoms with Gasteiger partial charge >= 0.3 is 7.60 Å². The van der Waals surface area contributed by atoms with Crippen LogP contribution in [0.5, 0.6) is 0 Å². The number of carbonyl (C=O) groups excluding carboxylic acids is 1. The van der Waals surface area contributed by atoms with Gasteiger partial charge in [-0.15, -0.1) is 0 Å². The van der Waals surface area contributed by atoms with Crippen LogP contribution < -0.4 is 11.2 Å². The van der Waals surface area contributed by atoms with Crippen LogP contribution in [0.3, 0.4) is 0 Å². The number of ketones is 1. The van der Waals surface area contributed by atoms with Crippen LogP contribution in [0, 0.1) is 5.41 Å². The zero-order valence-electron chi connectivity index (χ0n) is 11.7. The summed E-state index contributed by atoms with van der Waals surface area (Å²) in [4.78, 5) is 34.2. The first-order chi connectivity index (χ1) is 9.50. The molecule has 4 N–H and O–H groups in total. The Morgan fingerprint density at radius 1 is 1.29 bits per heavy atom. The highest BCUT2D eigenvalue weighted by Gasteiger charge is 2.32. The van der Waals surface area contributed by atoms with Crippen LogP contribution in [-0.2, 0) is 4.57 Å². The van der Waals surface area contributed by atoms with E-state index in [0.29, 0.717) is 0 Å². The van der Waals surface area contributed by atoms with Gasteiger partial charge in [0.25, 0.3) is 6.01 Å². The fourth-order valence-corrected chi connectivity index (χ4v) is 2.10. The lowest BCUT2D eigenvalue weighted by atomic mass is 9.88. The Bertz CT molecular complexity index is 733. The lowest BCUT2D eigenvalue weighted by Gasteiger charge is -2.14. The van der Waals surface area contributed by atoms with Crippen molar-refractivity contribution in [3.05, 3.63) is 17.9 Å². The van der Waals surface area contributed by atoms with Gasteiger partial charge in [0.05, 0.1) is 0 Å². The van der Waals surface area contributed by atoms with Crippen molar-refractivity contribution in [2.75, 3.05) is 5.73 Å². The fourth-order valence-electron chi connectivity index (χ4n) is 1.61. The molecule has 0 aromatic carbocycles. The Morgan fingerprint density at radius 3 is 2.38 bits per heavy atom. The predicted octanol–water partition coefficient (Wildman–Crippen LogP) is 1.55. The van der Waals surface area contributed by atoms with E-state index >= 15 is 0 Å². The first kappa shape index (κ1) is 15.5. The number of anilines is 1. The van der Waals surface area contributed by atoms with Crippen molar-refractivity contribution in [1.82, 2.24) is 4.98 Å². The molecule has 0 unspecified atom stereocenters. The maximum absolute atomic E-state index is 12.3. The molecule has 0 saturated heterocycles. The van der Waals surface area contributed by atoms with Crippen molar-refractivity contribution in [2.45, 2.75) is 20.8 Å². The SMILES string of the molecule is CC(C)(C)C(=O)c1oc(N)nc1-c1ccc(P(=O)(O)O)o1. The second-order valence-electron chi connectivity index (χ2n) is 5.49. The molecule has 0 aliphatic rings. The summed E-state index contributed by atoms with van der Waals surface area (Å²) in [7, 11) is -4.52. The molecule has 2 rings (SSSR count). The summed E-state index contributed by atoms with van der Waals surface area (Å²) in [5, 5.41) is 0. The van der Waals surface area contributed by atoms with Crippen LogP contribution in [0.2, 0.25) is 0 Å². The van der Waals surface area contributed by atoms with Gasteiger partial charge in [0.1, 0.15) is 0 Å². The molecule has 0 spiro atoms. The fraction of sp³-hybridized carbons (Fsp3) is 0.333. The van der Waals surface area contributed by atoms with Gasteiger partial charge in [-0.3, -0.25) is 9.36 Å². The topological polar surface area (TPSA) is 140 Å². The van der Waals surface area contributed by atoms with E-state index in [1.807, 2.05) is 0 Å². The van der Waals surface area contributed by atoms with E-state index in [4.69, 9.17) is 24.4 Å². The zero-order valence-corrected chi connectivity index (χ0v) is 12.5. The molecule has 8 nitrogen and oxygen atoms in total. The van der Waals surface area contributed by atoms with E-state index in [1.165, 1.54) is 6.07 Å². The van der Waals surface area contributed by atoms with Crippen molar-refractivity contribution < 1.29 is 28.0 Å². The number of Topliss-reactive ketones (excluding diaryl/α,β-unsaturated/α-hetero) is 1. The molecule has 0 atom stereocenters. The minimum Gasteiger partial charge on any atom is -0.446 e. The summed E-state index contributed by atoms with van der Waals surface area (Å²) in [6.07, 6.45) is 0. The number of carbonyl (C=O) groups is 1. The first-order valence-corrected chi connectivity index (χ1v) is 7.59. The third kappa shape index (κ3) is 3.07.